The van der Waals surface area contributed by atoms with Gasteiger partial charge in [0.2, 0.25) is 0 Å². The van der Waals surface area contributed by atoms with Crippen LogP contribution in [-0.4, -0.2) is 16.9 Å². The van der Waals surface area contributed by atoms with Crippen molar-refractivity contribution in [2.24, 2.45) is 9.98 Å². The lowest BCUT2D eigenvalue weighted by atomic mass is 10.0. The van der Waals surface area contributed by atoms with Crippen molar-refractivity contribution in [2.45, 2.75) is 12.6 Å². The fourth-order valence-corrected chi connectivity index (χ4v) is 4.54. The Hall–Kier alpha value is -4.51. The van der Waals surface area contributed by atoms with E-state index in [4.69, 9.17) is 9.98 Å². The van der Waals surface area contributed by atoms with Crippen LogP contribution in [0.5, 0.6) is 0 Å². The molecule has 4 nitrogen and oxygen atoms in total. The molecule has 1 aliphatic rings. The highest BCUT2D eigenvalue weighted by atomic mass is 19.1. The summed E-state index contributed by atoms with van der Waals surface area (Å²) in [6.45, 7) is 0. The van der Waals surface area contributed by atoms with E-state index in [-0.39, 0.29) is 5.82 Å². The van der Waals surface area contributed by atoms with Crippen molar-refractivity contribution < 1.29 is 4.39 Å². The van der Waals surface area contributed by atoms with Crippen LogP contribution in [0, 0.1) is 5.82 Å². The largest absolute Gasteiger partial charge is 0.361 e. The second-order valence-corrected chi connectivity index (χ2v) is 8.53. The van der Waals surface area contributed by atoms with Crippen LogP contribution >= 0.6 is 0 Å². The SMILES string of the molecule is Fc1ccccc1C1=c2ccccc2=NC(Nc2ccccc2)C(Cc2c[nH]c3ccccc23)=N1. The van der Waals surface area contributed by atoms with Gasteiger partial charge in [-0.25, -0.2) is 4.39 Å². The van der Waals surface area contributed by atoms with Gasteiger partial charge in [-0.05, 0) is 42.0 Å². The minimum Gasteiger partial charge on any atom is -0.361 e. The van der Waals surface area contributed by atoms with Gasteiger partial charge in [-0.2, -0.15) is 0 Å². The van der Waals surface area contributed by atoms with E-state index in [1.54, 1.807) is 12.1 Å². The topological polar surface area (TPSA) is 52.5 Å². The number of benzene rings is 4. The third kappa shape index (κ3) is 4.13. The second-order valence-electron chi connectivity index (χ2n) is 8.53. The Morgan fingerprint density at radius 3 is 2.43 bits per heavy atom. The predicted octanol–water partition coefficient (Wildman–Crippen LogP) is 5.22. The zero-order valence-electron chi connectivity index (χ0n) is 18.9. The van der Waals surface area contributed by atoms with Crippen LogP contribution in [0.1, 0.15) is 11.1 Å². The van der Waals surface area contributed by atoms with Crippen molar-refractivity contribution in [3.63, 3.8) is 0 Å². The third-order valence-electron chi connectivity index (χ3n) is 6.25. The van der Waals surface area contributed by atoms with Gasteiger partial charge in [-0.1, -0.05) is 66.7 Å². The second kappa shape index (κ2) is 9.03. The average molecular weight is 459 g/mol. The van der Waals surface area contributed by atoms with Gasteiger partial charge < -0.3 is 10.3 Å². The van der Waals surface area contributed by atoms with Gasteiger partial charge in [0.05, 0.1) is 16.8 Å². The Labute approximate surface area is 202 Å². The lowest BCUT2D eigenvalue weighted by Crippen LogP contribution is -2.33. The van der Waals surface area contributed by atoms with E-state index in [2.05, 4.69) is 22.4 Å². The monoisotopic (exact) mass is 458 g/mol. The Morgan fingerprint density at radius 1 is 0.800 bits per heavy atom. The number of fused-ring (bicyclic) bond motifs is 2. The van der Waals surface area contributed by atoms with Crippen LogP contribution in [0.3, 0.4) is 0 Å². The van der Waals surface area contributed by atoms with E-state index < -0.39 is 6.17 Å². The number of aliphatic imine (C=N–C) groups is 1. The Balaban J connectivity index is 1.56. The molecule has 0 fully saturated rings. The van der Waals surface area contributed by atoms with Crippen LogP contribution in [-0.2, 0) is 6.42 Å². The molecule has 0 saturated heterocycles. The predicted molar refractivity (Wildman–Crippen MR) is 139 cm³/mol. The molecule has 1 aliphatic heterocycles. The number of para-hydroxylation sites is 3. The average Bonchev–Trinajstić information content (AvgIpc) is 3.23. The number of rotatable bonds is 5. The van der Waals surface area contributed by atoms with Gasteiger partial charge >= 0.3 is 0 Å². The number of hydrogen-bond acceptors (Lipinski definition) is 3. The number of halogens is 1. The molecule has 5 heteroatoms. The molecule has 0 radical (unpaired) electrons. The Bertz CT molecular complexity index is 1670. The van der Waals surface area contributed by atoms with Crippen LogP contribution in [0.25, 0.3) is 16.6 Å². The summed E-state index contributed by atoms with van der Waals surface area (Å²) >= 11 is 0. The maximum Gasteiger partial charge on any atom is 0.158 e. The molecule has 0 saturated carbocycles. The van der Waals surface area contributed by atoms with Gasteiger partial charge in [-0.15, -0.1) is 0 Å². The van der Waals surface area contributed by atoms with Gasteiger partial charge in [0.15, 0.2) is 6.17 Å². The molecule has 0 spiro atoms. The zero-order chi connectivity index (χ0) is 23.6. The summed E-state index contributed by atoms with van der Waals surface area (Å²) < 4.78 is 15.0. The number of aromatic amines is 1. The molecule has 0 bridgehead atoms. The molecule has 1 aromatic heterocycles. The first-order chi connectivity index (χ1) is 17.3. The van der Waals surface area contributed by atoms with Crippen molar-refractivity contribution >= 4 is 28.0 Å². The summed E-state index contributed by atoms with van der Waals surface area (Å²) in [5, 5.41) is 6.27. The first-order valence-corrected chi connectivity index (χ1v) is 11.6. The molecular weight excluding hydrogens is 435 g/mol. The standard InChI is InChI=1S/C30H23FN4/c31-25-15-7-4-13-23(25)29-24-14-6-9-17-27(24)35-30(33-21-10-2-1-3-11-21)28(34-29)18-20-19-32-26-16-8-5-12-22(20)26/h1-17,19,30,32-33H,18H2. The number of nitrogens with zero attached hydrogens (tertiary/aromatic N) is 2. The van der Waals surface area contributed by atoms with Crippen LogP contribution in [0.15, 0.2) is 119 Å². The quantitative estimate of drug-likeness (QED) is 0.373. The van der Waals surface area contributed by atoms with Gasteiger partial charge in [-0.3, -0.25) is 9.98 Å². The molecular formula is C30H23FN4. The minimum absolute atomic E-state index is 0.304. The molecule has 35 heavy (non-hydrogen) atoms. The van der Waals surface area contributed by atoms with Gasteiger partial charge in [0.25, 0.3) is 0 Å². The molecule has 6 rings (SSSR count). The fraction of sp³-hybridized carbons (Fsp3) is 0.0667. The molecule has 0 aliphatic carbocycles. The van der Waals surface area contributed by atoms with Crippen LogP contribution in [0.4, 0.5) is 10.1 Å². The minimum atomic E-state index is -0.420. The summed E-state index contributed by atoms with van der Waals surface area (Å²) in [4.78, 5) is 13.6. The van der Waals surface area contributed by atoms with Crippen molar-refractivity contribution in [1.29, 1.82) is 0 Å². The number of nitrogens with one attached hydrogen (secondary N) is 2. The summed E-state index contributed by atoms with van der Waals surface area (Å²) in [6.07, 6.45) is 2.16. The van der Waals surface area contributed by atoms with E-state index in [1.165, 1.54) is 6.07 Å². The lowest BCUT2D eigenvalue weighted by Gasteiger charge is -2.18. The molecule has 1 unspecified atom stereocenters. The number of H-pyrrole nitrogens is 1. The molecule has 1 atom stereocenters. The number of aromatic nitrogens is 1. The molecule has 0 amide bonds. The maximum absolute atomic E-state index is 15.0. The first-order valence-electron chi connectivity index (χ1n) is 11.6. The van der Waals surface area contributed by atoms with E-state index in [0.29, 0.717) is 17.7 Å². The zero-order valence-corrected chi connectivity index (χ0v) is 18.9. The highest BCUT2D eigenvalue weighted by molar-refractivity contribution is 5.99. The van der Waals surface area contributed by atoms with Crippen LogP contribution in [0.2, 0.25) is 0 Å². The van der Waals surface area contributed by atoms with Crippen LogP contribution < -0.4 is 15.9 Å². The van der Waals surface area contributed by atoms with Crippen molar-refractivity contribution in [3.05, 3.63) is 137 Å². The first kappa shape index (κ1) is 21.1. The third-order valence-corrected chi connectivity index (χ3v) is 6.25. The van der Waals surface area contributed by atoms with Crippen molar-refractivity contribution in [3.8, 4) is 0 Å². The van der Waals surface area contributed by atoms with E-state index in [9.17, 15) is 0 Å². The van der Waals surface area contributed by atoms with E-state index in [0.717, 1.165) is 38.4 Å². The summed E-state index contributed by atoms with van der Waals surface area (Å²) in [5.41, 5.74) is 5.01. The fourth-order valence-electron chi connectivity index (χ4n) is 4.54. The molecule has 2 N–H and O–H groups in total. The van der Waals surface area contributed by atoms with Crippen molar-refractivity contribution in [2.75, 3.05) is 5.32 Å². The smallest absolute Gasteiger partial charge is 0.158 e. The van der Waals surface area contributed by atoms with Gasteiger partial charge in [0, 0.05) is 40.0 Å². The Morgan fingerprint density at radius 2 is 1.54 bits per heavy atom. The molecule has 5 aromatic rings. The number of anilines is 1. The van der Waals surface area contributed by atoms with E-state index in [1.807, 2.05) is 79.0 Å². The van der Waals surface area contributed by atoms with E-state index >= 15 is 4.39 Å². The van der Waals surface area contributed by atoms with Gasteiger partial charge in [0.1, 0.15) is 5.82 Å². The molecule has 2 heterocycles. The highest BCUT2D eigenvalue weighted by Gasteiger charge is 2.22. The summed E-state index contributed by atoms with van der Waals surface area (Å²) in [5.74, 6) is -0.304. The molecule has 170 valence electrons. The van der Waals surface area contributed by atoms with Crippen molar-refractivity contribution in [1.82, 2.24) is 4.98 Å². The maximum atomic E-state index is 15.0. The number of hydrogen-bond donors (Lipinski definition) is 2. The normalized spacial score (nSPS) is 15.2. The Kier molecular flexibility index (Phi) is 5.43. The summed E-state index contributed by atoms with van der Waals surface area (Å²) in [6, 6.07) is 32.8. The molecule has 4 aromatic carbocycles. The lowest BCUT2D eigenvalue weighted by molar-refractivity contribution is 0.623. The summed E-state index contributed by atoms with van der Waals surface area (Å²) in [7, 11) is 0. The highest BCUT2D eigenvalue weighted by Crippen LogP contribution is 2.23.